The van der Waals surface area contributed by atoms with Gasteiger partial charge in [-0.3, -0.25) is 4.79 Å². The van der Waals surface area contributed by atoms with Crippen molar-refractivity contribution >= 4 is 11.9 Å². The smallest absolute Gasteiger partial charge is 0.335 e. The summed E-state index contributed by atoms with van der Waals surface area (Å²) in [6.07, 6.45) is 1.13. The molecule has 0 aliphatic heterocycles. The van der Waals surface area contributed by atoms with Gasteiger partial charge >= 0.3 is 5.97 Å². The van der Waals surface area contributed by atoms with Crippen LogP contribution in [0.5, 0.6) is 0 Å². The van der Waals surface area contributed by atoms with E-state index in [1.165, 1.54) is 24.3 Å². The predicted molar refractivity (Wildman–Crippen MR) is 87.3 cm³/mol. The fourth-order valence-corrected chi connectivity index (χ4v) is 2.91. The van der Waals surface area contributed by atoms with Crippen LogP contribution in [-0.4, -0.2) is 23.5 Å². The highest BCUT2D eigenvalue weighted by atomic mass is 19.1. The van der Waals surface area contributed by atoms with E-state index in [1.807, 2.05) is 0 Å². The molecule has 4 nitrogen and oxygen atoms in total. The minimum Gasteiger partial charge on any atom is -0.478 e. The number of carbonyl (C=O) groups is 2. The molecular formula is C19H17F2NO3. The van der Waals surface area contributed by atoms with Gasteiger partial charge in [-0.1, -0.05) is 18.2 Å². The Morgan fingerprint density at radius 1 is 1.12 bits per heavy atom. The van der Waals surface area contributed by atoms with Crippen molar-refractivity contribution in [1.82, 2.24) is 5.32 Å². The van der Waals surface area contributed by atoms with Crippen LogP contribution in [-0.2, 0) is 11.2 Å². The van der Waals surface area contributed by atoms with Gasteiger partial charge in [-0.25, -0.2) is 13.6 Å². The van der Waals surface area contributed by atoms with Gasteiger partial charge in [0.05, 0.1) is 5.56 Å². The first-order chi connectivity index (χ1) is 12.0. The van der Waals surface area contributed by atoms with Crippen LogP contribution in [0, 0.1) is 17.6 Å². The number of carboxylic acid groups (broad SMARTS) is 1. The number of hydrogen-bond acceptors (Lipinski definition) is 2. The van der Waals surface area contributed by atoms with Crippen LogP contribution in [0.15, 0.2) is 42.5 Å². The first-order valence-electron chi connectivity index (χ1n) is 8.00. The van der Waals surface area contributed by atoms with E-state index in [4.69, 9.17) is 5.11 Å². The number of hydrogen-bond donors (Lipinski definition) is 2. The van der Waals surface area contributed by atoms with E-state index in [-0.39, 0.29) is 23.3 Å². The molecule has 0 bridgehead atoms. The molecule has 0 aromatic heterocycles. The summed E-state index contributed by atoms with van der Waals surface area (Å²) in [7, 11) is 0. The zero-order chi connectivity index (χ0) is 18.0. The number of rotatable bonds is 6. The average Bonchev–Trinajstić information content (AvgIpc) is 3.35. The maximum Gasteiger partial charge on any atom is 0.335 e. The Morgan fingerprint density at radius 2 is 1.84 bits per heavy atom. The minimum absolute atomic E-state index is 0.143. The van der Waals surface area contributed by atoms with Gasteiger partial charge in [0, 0.05) is 18.5 Å². The van der Waals surface area contributed by atoms with Gasteiger partial charge in [0.15, 0.2) is 0 Å². The van der Waals surface area contributed by atoms with Crippen LogP contribution in [0.2, 0.25) is 0 Å². The zero-order valence-electron chi connectivity index (χ0n) is 13.3. The molecule has 1 amide bonds. The Labute approximate surface area is 143 Å². The summed E-state index contributed by atoms with van der Waals surface area (Å²) in [6, 6.07) is 9.90. The topological polar surface area (TPSA) is 66.4 Å². The summed E-state index contributed by atoms with van der Waals surface area (Å²) in [6.45, 7) is 0.417. The molecule has 1 aliphatic carbocycles. The zero-order valence-corrected chi connectivity index (χ0v) is 13.3. The molecule has 25 heavy (non-hydrogen) atoms. The Morgan fingerprint density at radius 3 is 2.48 bits per heavy atom. The first kappa shape index (κ1) is 17.1. The van der Waals surface area contributed by atoms with Crippen LogP contribution in [0.4, 0.5) is 8.78 Å². The molecule has 1 saturated carbocycles. The van der Waals surface area contributed by atoms with Crippen molar-refractivity contribution in [2.24, 2.45) is 5.92 Å². The van der Waals surface area contributed by atoms with Gasteiger partial charge in [0.25, 0.3) is 0 Å². The fraction of sp³-hybridized carbons (Fsp3) is 0.263. The monoisotopic (exact) mass is 345 g/mol. The quantitative estimate of drug-likeness (QED) is 0.845. The molecule has 0 radical (unpaired) electrons. The normalized spacial score (nSPS) is 18.6. The number of aromatic carboxylic acids is 1. The molecule has 2 N–H and O–H groups in total. The van der Waals surface area contributed by atoms with E-state index < -0.39 is 17.6 Å². The third-order valence-electron chi connectivity index (χ3n) is 4.40. The van der Waals surface area contributed by atoms with Crippen molar-refractivity contribution in [3.8, 4) is 0 Å². The third kappa shape index (κ3) is 4.02. The Balaban J connectivity index is 1.48. The third-order valence-corrected chi connectivity index (χ3v) is 4.40. The number of carbonyl (C=O) groups excluding carboxylic acids is 1. The lowest BCUT2D eigenvalue weighted by molar-refractivity contribution is -0.122. The van der Waals surface area contributed by atoms with Gasteiger partial charge in [-0.15, -0.1) is 0 Å². The number of amides is 1. The number of carboxylic acids is 1. The standard InChI is InChI=1S/C19H17F2NO3/c20-13-5-6-14(17(21)9-13)15-10-16(15)18(23)22-8-7-11-1-3-12(4-2-11)19(24)25/h1-6,9,15-16H,7-8,10H2,(H,22,23)(H,24,25). The highest BCUT2D eigenvalue weighted by Crippen LogP contribution is 2.48. The van der Waals surface area contributed by atoms with Crippen molar-refractivity contribution in [1.29, 1.82) is 0 Å². The molecule has 2 aromatic carbocycles. The summed E-state index contributed by atoms with van der Waals surface area (Å²) in [4.78, 5) is 22.9. The summed E-state index contributed by atoms with van der Waals surface area (Å²) in [5.41, 5.74) is 1.52. The highest BCUT2D eigenvalue weighted by Gasteiger charge is 2.45. The highest BCUT2D eigenvalue weighted by molar-refractivity contribution is 5.87. The van der Waals surface area contributed by atoms with Gasteiger partial charge < -0.3 is 10.4 Å². The molecule has 1 aliphatic rings. The largest absolute Gasteiger partial charge is 0.478 e. The molecule has 130 valence electrons. The second-order valence-corrected chi connectivity index (χ2v) is 6.16. The molecule has 2 atom stereocenters. The molecule has 2 unspecified atom stereocenters. The Hall–Kier alpha value is -2.76. The SMILES string of the molecule is O=C(O)c1ccc(CCNC(=O)C2CC2c2ccc(F)cc2F)cc1. The lowest BCUT2D eigenvalue weighted by atomic mass is 10.1. The summed E-state index contributed by atoms with van der Waals surface area (Å²) in [5, 5.41) is 11.7. The van der Waals surface area contributed by atoms with Crippen LogP contribution < -0.4 is 5.32 Å². The van der Waals surface area contributed by atoms with Crippen LogP contribution in [0.25, 0.3) is 0 Å². The van der Waals surface area contributed by atoms with E-state index in [9.17, 15) is 18.4 Å². The molecule has 0 heterocycles. The first-order valence-corrected chi connectivity index (χ1v) is 8.00. The van der Waals surface area contributed by atoms with Gasteiger partial charge in [0.1, 0.15) is 11.6 Å². The maximum absolute atomic E-state index is 13.7. The van der Waals surface area contributed by atoms with Crippen molar-refractivity contribution in [3.05, 3.63) is 70.8 Å². The van der Waals surface area contributed by atoms with E-state index >= 15 is 0 Å². The fourth-order valence-electron chi connectivity index (χ4n) is 2.91. The number of nitrogens with one attached hydrogen (secondary N) is 1. The second kappa shape index (κ2) is 7.01. The van der Waals surface area contributed by atoms with E-state index in [2.05, 4.69) is 5.32 Å². The van der Waals surface area contributed by atoms with Crippen LogP contribution in [0.3, 0.4) is 0 Å². The van der Waals surface area contributed by atoms with E-state index in [1.54, 1.807) is 12.1 Å². The summed E-state index contributed by atoms with van der Waals surface area (Å²) < 4.78 is 26.7. The van der Waals surface area contributed by atoms with Crippen molar-refractivity contribution in [2.75, 3.05) is 6.54 Å². The summed E-state index contributed by atoms with van der Waals surface area (Å²) >= 11 is 0. The Kier molecular flexibility index (Phi) is 4.79. The molecule has 1 fully saturated rings. The molecule has 6 heteroatoms. The van der Waals surface area contributed by atoms with E-state index in [0.717, 1.165) is 11.6 Å². The van der Waals surface area contributed by atoms with Gasteiger partial charge in [-0.2, -0.15) is 0 Å². The summed E-state index contributed by atoms with van der Waals surface area (Å²) in [5.74, 6) is -2.84. The number of benzene rings is 2. The van der Waals surface area contributed by atoms with Crippen molar-refractivity contribution in [2.45, 2.75) is 18.8 Å². The predicted octanol–water partition coefficient (Wildman–Crippen LogP) is 3.13. The minimum atomic E-state index is -0.979. The molecule has 3 rings (SSSR count). The lowest BCUT2D eigenvalue weighted by Gasteiger charge is -2.06. The van der Waals surface area contributed by atoms with E-state index in [0.29, 0.717) is 24.9 Å². The van der Waals surface area contributed by atoms with Crippen molar-refractivity contribution in [3.63, 3.8) is 0 Å². The van der Waals surface area contributed by atoms with Crippen LogP contribution in [0.1, 0.15) is 33.8 Å². The molecule has 0 spiro atoms. The van der Waals surface area contributed by atoms with Gasteiger partial charge in [0.2, 0.25) is 5.91 Å². The van der Waals surface area contributed by atoms with Crippen molar-refractivity contribution < 1.29 is 23.5 Å². The Bertz CT molecular complexity index is 805. The van der Waals surface area contributed by atoms with Gasteiger partial charge in [-0.05, 0) is 48.1 Å². The number of halogens is 2. The molecule has 0 saturated heterocycles. The molecule has 2 aromatic rings. The van der Waals surface area contributed by atoms with Crippen LogP contribution >= 0.6 is 0 Å². The molecular weight excluding hydrogens is 328 g/mol. The second-order valence-electron chi connectivity index (χ2n) is 6.16. The average molecular weight is 345 g/mol. The maximum atomic E-state index is 13.7. The lowest BCUT2D eigenvalue weighted by Crippen LogP contribution is -2.27.